The van der Waals surface area contributed by atoms with Crippen molar-refractivity contribution in [3.63, 3.8) is 0 Å². The van der Waals surface area contributed by atoms with Crippen LogP contribution in [-0.4, -0.2) is 21.0 Å². The molecular formula is C11H18N4O2S. The molecule has 3 N–H and O–H groups in total. The minimum atomic E-state index is -0.798. The Morgan fingerprint density at radius 3 is 2.50 bits per heavy atom. The normalized spacial score (nSPS) is 11.3. The van der Waals surface area contributed by atoms with Gasteiger partial charge in [-0.25, -0.2) is 0 Å². The molecule has 0 fully saturated rings. The number of carbonyl (C=O) groups is 1. The minimum Gasteiger partial charge on any atom is -0.392 e. The molecule has 6 nitrogen and oxygen atoms in total. The third kappa shape index (κ3) is 2.84. The smallest absolute Gasteiger partial charge is 0.233 e. The van der Waals surface area contributed by atoms with E-state index in [1.807, 2.05) is 13.8 Å². The van der Waals surface area contributed by atoms with Gasteiger partial charge in [0.05, 0.1) is 16.9 Å². The van der Waals surface area contributed by atoms with Crippen LogP contribution in [0.25, 0.3) is 0 Å². The zero-order valence-electron chi connectivity index (χ0n) is 10.8. The maximum atomic E-state index is 12.2. The van der Waals surface area contributed by atoms with Crippen molar-refractivity contribution in [2.24, 2.45) is 11.1 Å². The van der Waals surface area contributed by atoms with E-state index in [9.17, 15) is 4.79 Å². The molecule has 1 aromatic heterocycles. The lowest BCUT2D eigenvalue weighted by Gasteiger charge is -2.28. The number of nitrogens with two attached hydrogens (primary N) is 1. The van der Waals surface area contributed by atoms with E-state index in [1.54, 1.807) is 6.92 Å². The number of amides is 1. The summed E-state index contributed by atoms with van der Waals surface area (Å²) >= 11 is 5.01. The van der Waals surface area contributed by atoms with Crippen molar-refractivity contribution in [1.29, 1.82) is 0 Å². The molecule has 1 amide bonds. The summed E-state index contributed by atoms with van der Waals surface area (Å²) < 4.78 is 4.82. The van der Waals surface area contributed by atoms with Gasteiger partial charge in [0, 0.05) is 6.92 Å². The van der Waals surface area contributed by atoms with Gasteiger partial charge in [0.1, 0.15) is 0 Å². The van der Waals surface area contributed by atoms with Crippen molar-refractivity contribution in [2.75, 3.05) is 0 Å². The molecule has 0 aromatic carbocycles. The molecule has 7 heteroatoms. The van der Waals surface area contributed by atoms with Crippen LogP contribution in [0.1, 0.15) is 38.4 Å². The molecule has 0 unspecified atom stereocenters. The molecule has 0 aliphatic carbocycles. The van der Waals surface area contributed by atoms with Crippen molar-refractivity contribution in [1.82, 2.24) is 15.5 Å². The van der Waals surface area contributed by atoms with Gasteiger partial charge in [0.2, 0.25) is 11.8 Å². The van der Waals surface area contributed by atoms with Crippen LogP contribution in [0, 0.1) is 12.3 Å². The first kappa shape index (κ1) is 14.6. The number of aryl methyl sites for hydroxylation is 1. The van der Waals surface area contributed by atoms with Crippen LogP contribution in [0.5, 0.6) is 0 Å². The predicted octanol–water partition coefficient (Wildman–Crippen LogP) is 1.09. The second-order valence-electron chi connectivity index (χ2n) is 4.07. The van der Waals surface area contributed by atoms with Gasteiger partial charge in [-0.15, -0.1) is 0 Å². The topological polar surface area (TPSA) is 94.0 Å². The summed E-state index contributed by atoms with van der Waals surface area (Å²) in [6, 6.07) is 0. The fourth-order valence-electron chi connectivity index (χ4n) is 1.77. The number of aromatic nitrogens is 2. The van der Waals surface area contributed by atoms with Gasteiger partial charge < -0.3 is 15.6 Å². The molecule has 0 saturated heterocycles. The fraction of sp³-hybridized carbons (Fsp3) is 0.636. The summed E-state index contributed by atoms with van der Waals surface area (Å²) in [6.07, 6.45) is 1.13. The van der Waals surface area contributed by atoms with Gasteiger partial charge >= 0.3 is 0 Å². The molecule has 0 spiro atoms. The maximum Gasteiger partial charge on any atom is 0.233 e. The second kappa shape index (κ2) is 5.90. The van der Waals surface area contributed by atoms with E-state index in [0.29, 0.717) is 24.6 Å². The predicted molar refractivity (Wildman–Crippen MR) is 70.7 cm³/mol. The molecule has 18 heavy (non-hydrogen) atoms. The number of hydrogen-bond donors (Lipinski definition) is 2. The molecule has 0 aliphatic rings. The first-order valence-electron chi connectivity index (χ1n) is 5.83. The largest absolute Gasteiger partial charge is 0.392 e. The highest BCUT2D eigenvalue weighted by molar-refractivity contribution is 7.80. The summed E-state index contributed by atoms with van der Waals surface area (Å²) in [5.41, 5.74) is 4.89. The third-order valence-electron chi connectivity index (χ3n) is 3.09. The van der Waals surface area contributed by atoms with Gasteiger partial charge in [-0.1, -0.05) is 31.2 Å². The van der Waals surface area contributed by atoms with E-state index in [1.165, 1.54) is 0 Å². The van der Waals surface area contributed by atoms with Gasteiger partial charge in [0.25, 0.3) is 0 Å². The molecule has 0 bridgehead atoms. The SMILES string of the molecule is CCC(CC)(C(=O)NCc1noc(C)n1)C(N)=S. The molecule has 100 valence electrons. The first-order valence-corrected chi connectivity index (χ1v) is 6.24. The van der Waals surface area contributed by atoms with E-state index in [-0.39, 0.29) is 17.4 Å². The number of hydrogen-bond acceptors (Lipinski definition) is 5. The quantitative estimate of drug-likeness (QED) is 0.751. The molecule has 1 rings (SSSR count). The second-order valence-corrected chi connectivity index (χ2v) is 4.51. The molecule has 0 radical (unpaired) electrons. The lowest BCUT2D eigenvalue weighted by atomic mass is 9.81. The Hall–Kier alpha value is -1.50. The van der Waals surface area contributed by atoms with Crippen LogP contribution in [0.15, 0.2) is 4.52 Å². The van der Waals surface area contributed by atoms with Crippen molar-refractivity contribution < 1.29 is 9.32 Å². The highest BCUT2D eigenvalue weighted by Gasteiger charge is 2.37. The Morgan fingerprint density at radius 2 is 2.11 bits per heavy atom. The van der Waals surface area contributed by atoms with Crippen molar-refractivity contribution >= 4 is 23.1 Å². The Morgan fingerprint density at radius 1 is 1.50 bits per heavy atom. The van der Waals surface area contributed by atoms with E-state index >= 15 is 0 Å². The summed E-state index contributed by atoms with van der Waals surface area (Å²) in [5, 5.41) is 6.45. The zero-order valence-corrected chi connectivity index (χ0v) is 11.6. The average molecular weight is 270 g/mol. The summed E-state index contributed by atoms with van der Waals surface area (Å²) in [4.78, 5) is 16.4. The summed E-state index contributed by atoms with van der Waals surface area (Å²) in [7, 11) is 0. The van der Waals surface area contributed by atoms with Gasteiger partial charge in [0.15, 0.2) is 5.82 Å². The maximum absolute atomic E-state index is 12.2. The van der Waals surface area contributed by atoms with Gasteiger partial charge in [-0.05, 0) is 12.8 Å². The Kier molecular flexibility index (Phi) is 4.77. The third-order valence-corrected chi connectivity index (χ3v) is 3.48. The molecule has 0 aliphatic heterocycles. The molecular weight excluding hydrogens is 252 g/mol. The Balaban J connectivity index is 2.71. The molecule has 1 heterocycles. The van der Waals surface area contributed by atoms with Crippen LogP contribution < -0.4 is 11.1 Å². The first-order chi connectivity index (χ1) is 8.46. The van der Waals surface area contributed by atoms with Crippen LogP contribution in [0.4, 0.5) is 0 Å². The number of thiocarbonyl (C=S) groups is 1. The number of rotatable bonds is 6. The van der Waals surface area contributed by atoms with Crippen LogP contribution in [0.2, 0.25) is 0 Å². The van der Waals surface area contributed by atoms with E-state index in [0.717, 1.165) is 0 Å². The van der Waals surface area contributed by atoms with E-state index in [4.69, 9.17) is 22.5 Å². The zero-order chi connectivity index (χ0) is 13.8. The van der Waals surface area contributed by atoms with Gasteiger partial charge in [-0.2, -0.15) is 4.98 Å². The fourth-order valence-corrected chi connectivity index (χ4v) is 2.15. The average Bonchev–Trinajstić information content (AvgIpc) is 2.74. The number of nitrogens with zero attached hydrogens (tertiary/aromatic N) is 2. The van der Waals surface area contributed by atoms with Crippen LogP contribution in [0.3, 0.4) is 0 Å². The highest BCUT2D eigenvalue weighted by Crippen LogP contribution is 2.27. The monoisotopic (exact) mass is 270 g/mol. The van der Waals surface area contributed by atoms with E-state index < -0.39 is 5.41 Å². The lowest BCUT2D eigenvalue weighted by molar-refractivity contribution is -0.128. The number of nitrogens with one attached hydrogen (secondary N) is 1. The standard InChI is InChI=1S/C11H18N4O2S/c1-4-11(5-2,9(12)18)10(16)13-6-8-14-7(3)17-15-8/h4-6H2,1-3H3,(H2,12,18)(H,13,16). The molecule has 0 atom stereocenters. The van der Waals surface area contributed by atoms with Crippen molar-refractivity contribution in [3.05, 3.63) is 11.7 Å². The minimum absolute atomic E-state index is 0.192. The lowest BCUT2D eigenvalue weighted by Crippen LogP contribution is -2.48. The van der Waals surface area contributed by atoms with Crippen LogP contribution >= 0.6 is 12.2 Å². The summed E-state index contributed by atoms with van der Waals surface area (Å²) in [5.74, 6) is 0.707. The highest BCUT2D eigenvalue weighted by atomic mass is 32.1. The molecule has 0 saturated carbocycles. The van der Waals surface area contributed by atoms with Gasteiger partial charge in [-0.3, -0.25) is 4.79 Å². The van der Waals surface area contributed by atoms with Crippen molar-refractivity contribution in [3.8, 4) is 0 Å². The van der Waals surface area contributed by atoms with E-state index in [2.05, 4.69) is 15.5 Å². The summed E-state index contributed by atoms with van der Waals surface area (Å²) in [6.45, 7) is 5.68. The Labute approximate surface area is 111 Å². The van der Waals surface area contributed by atoms with Crippen molar-refractivity contribution in [2.45, 2.75) is 40.2 Å². The molecule has 1 aromatic rings. The number of carbonyl (C=O) groups excluding carboxylic acids is 1. The van der Waals surface area contributed by atoms with Crippen LogP contribution in [-0.2, 0) is 11.3 Å². The Bertz CT molecular complexity index is 440.